The van der Waals surface area contributed by atoms with E-state index in [-0.39, 0.29) is 42.7 Å². The van der Waals surface area contributed by atoms with Crippen molar-refractivity contribution in [3.8, 4) is 5.75 Å². The number of fused-ring (bicyclic) bond motifs is 4. The number of carbonyl (C=O) groups excluding carboxylic acids is 1. The summed E-state index contributed by atoms with van der Waals surface area (Å²) in [5, 5.41) is 9.35. The fourth-order valence-corrected chi connectivity index (χ4v) is 5.82. The summed E-state index contributed by atoms with van der Waals surface area (Å²) in [6, 6.07) is 17.2. The monoisotopic (exact) mass is 464 g/mol. The van der Waals surface area contributed by atoms with Crippen molar-refractivity contribution >= 4 is 17.6 Å². The number of anilines is 1. The Balaban J connectivity index is 1.28. The molecule has 34 heavy (non-hydrogen) atoms. The standard InChI is InChI=1S/C27H32N2O5/c1-27(2)21-14-18-15-28(16-24(30)29(17-25(31)32)19-8-4-3-5-9-19)13-12-22(18)33-26(21)20-10-6-7-11-23(20)34-27/h3-11,18,21-22,26H,12-17H2,1-2H3,(H,31,32)/t18-,21+,22+,26-/m0/s1. The highest BCUT2D eigenvalue weighted by Gasteiger charge is 2.51. The molecule has 0 unspecified atom stereocenters. The first-order chi connectivity index (χ1) is 16.3. The van der Waals surface area contributed by atoms with Gasteiger partial charge in [-0.05, 0) is 50.8 Å². The number of carboxylic acid groups (broad SMARTS) is 1. The van der Waals surface area contributed by atoms with Gasteiger partial charge in [0, 0.05) is 30.3 Å². The average molecular weight is 465 g/mol. The number of rotatable bonds is 5. The molecule has 0 saturated carbocycles. The molecule has 3 heterocycles. The van der Waals surface area contributed by atoms with Crippen LogP contribution in [0.15, 0.2) is 54.6 Å². The lowest BCUT2D eigenvalue weighted by molar-refractivity contribution is -0.187. The molecule has 180 valence electrons. The molecule has 5 rings (SSSR count). The first kappa shape index (κ1) is 22.9. The van der Waals surface area contributed by atoms with Crippen molar-refractivity contribution in [2.24, 2.45) is 11.8 Å². The summed E-state index contributed by atoms with van der Waals surface area (Å²) in [4.78, 5) is 28.1. The zero-order valence-electron chi connectivity index (χ0n) is 19.7. The van der Waals surface area contributed by atoms with Gasteiger partial charge in [0.05, 0.1) is 18.8 Å². The Hall–Kier alpha value is -2.90. The number of carboxylic acids is 1. The van der Waals surface area contributed by atoms with Gasteiger partial charge in [-0.15, -0.1) is 0 Å². The predicted molar refractivity (Wildman–Crippen MR) is 128 cm³/mol. The summed E-state index contributed by atoms with van der Waals surface area (Å²) in [6.45, 7) is 5.63. The Bertz CT molecular complexity index is 1060. The predicted octanol–water partition coefficient (Wildman–Crippen LogP) is 3.74. The number of hydrogen-bond donors (Lipinski definition) is 1. The van der Waals surface area contributed by atoms with Crippen LogP contribution in [0.4, 0.5) is 5.69 Å². The number of benzene rings is 2. The molecule has 0 aliphatic carbocycles. The van der Waals surface area contributed by atoms with Crippen molar-refractivity contribution in [2.45, 2.75) is 44.5 Å². The van der Waals surface area contributed by atoms with Crippen LogP contribution in [0, 0.1) is 11.8 Å². The molecule has 7 heteroatoms. The Morgan fingerprint density at radius 2 is 1.85 bits per heavy atom. The second-order valence-electron chi connectivity index (χ2n) is 10.2. The van der Waals surface area contributed by atoms with Gasteiger partial charge < -0.3 is 19.5 Å². The number of ether oxygens (including phenoxy) is 2. The van der Waals surface area contributed by atoms with Crippen LogP contribution in [-0.4, -0.2) is 59.8 Å². The Labute approximate surface area is 200 Å². The number of piperidine rings is 1. The number of amides is 1. The van der Waals surface area contributed by atoms with Crippen LogP contribution in [0.3, 0.4) is 0 Å². The van der Waals surface area contributed by atoms with Gasteiger partial charge in [-0.25, -0.2) is 0 Å². The fourth-order valence-electron chi connectivity index (χ4n) is 5.82. The summed E-state index contributed by atoms with van der Waals surface area (Å²) < 4.78 is 13.1. The van der Waals surface area contributed by atoms with Gasteiger partial charge in [-0.3, -0.25) is 14.5 Å². The van der Waals surface area contributed by atoms with Crippen LogP contribution in [0.1, 0.15) is 38.4 Å². The van der Waals surface area contributed by atoms with E-state index in [2.05, 4.69) is 24.8 Å². The second kappa shape index (κ2) is 9.04. The summed E-state index contributed by atoms with van der Waals surface area (Å²) in [5.74, 6) is 0.224. The minimum atomic E-state index is -1.03. The molecule has 1 amide bonds. The molecule has 0 aromatic heterocycles. The molecule has 3 aliphatic rings. The number of carbonyl (C=O) groups is 2. The molecule has 0 spiro atoms. The largest absolute Gasteiger partial charge is 0.487 e. The summed E-state index contributed by atoms with van der Waals surface area (Å²) >= 11 is 0. The van der Waals surface area contributed by atoms with Crippen molar-refractivity contribution in [2.75, 3.05) is 31.1 Å². The normalized spacial score (nSPS) is 27.5. The van der Waals surface area contributed by atoms with Crippen molar-refractivity contribution in [3.05, 3.63) is 60.2 Å². The zero-order chi connectivity index (χ0) is 23.9. The molecule has 2 saturated heterocycles. The second-order valence-corrected chi connectivity index (χ2v) is 10.2. The van der Waals surface area contributed by atoms with Crippen LogP contribution in [-0.2, 0) is 14.3 Å². The van der Waals surface area contributed by atoms with Gasteiger partial charge in [-0.2, -0.15) is 0 Å². The van der Waals surface area contributed by atoms with Crippen LogP contribution in [0.25, 0.3) is 0 Å². The molecule has 2 aromatic rings. The Kier molecular flexibility index (Phi) is 6.08. The van der Waals surface area contributed by atoms with Gasteiger partial charge in [0.1, 0.15) is 17.9 Å². The van der Waals surface area contributed by atoms with Gasteiger partial charge in [0.2, 0.25) is 5.91 Å². The topological polar surface area (TPSA) is 79.3 Å². The fraction of sp³-hybridized carbons (Fsp3) is 0.481. The summed E-state index contributed by atoms with van der Waals surface area (Å²) in [5.41, 5.74) is 1.40. The van der Waals surface area contributed by atoms with Gasteiger partial charge >= 0.3 is 5.97 Å². The van der Waals surface area contributed by atoms with Crippen LogP contribution >= 0.6 is 0 Å². The lowest BCUT2D eigenvalue weighted by Gasteiger charge is -2.53. The maximum atomic E-state index is 13.1. The van der Waals surface area contributed by atoms with Crippen LogP contribution in [0.5, 0.6) is 5.75 Å². The summed E-state index contributed by atoms with van der Waals surface area (Å²) in [7, 11) is 0. The van der Waals surface area contributed by atoms with E-state index in [1.165, 1.54) is 4.90 Å². The first-order valence-corrected chi connectivity index (χ1v) is 12.0. The van der Waals surface area contributed by atoms with E-state index in [9.17, 15) is 14.7 Å². The average Bonchev–Trinajstić information content (AvgIpc) is 2.82. The number of aliphatic carboxylic acids is 1. The first-order valence-electron chi connectivity index (χ1n) is 12.0. The molecule has 1 N–H and O–H groups in total. The molecule has 3 aliphatic heterocycles. The Morgan fingerprint density at radius 1 is 1.12 bits per heavy atom. The highest BCUT2D eigenvalue weighted by molar-refractivity contribution is 5.98. The molecule has 4 atom stereocenters. The molecule has 2 aromatic carbocycles. The van der Waals surface area contributed by atoms with E-state index in [0.29, 0.717) is 11.6 Å². The minimum absolute atomic E-state index is 0.0264. The van der Waals surface area contributed by atoms with Gasteiger partial charge in [0.25, 0.3) is 0 Å². The van der Waals surface area contributed by atoms with Crippen molar-refractivity contribution < 1.29 is 24.2 Å². The van der Waals surface area contributed by atoms with Gasteiger partial charge in [-0.1, -0.05) is 36.4 Å². The van der Waals surface area contributed by atoms with Crippen LogP contribution < -0.4 is 9.64 Å². The number of nitrogens with zero attached hydrogens (tertiary/aromatic N) is 2. The van der Waals surface area contributed by atoms with E-state index in [4.69, 9.17) is 9.47 Å². The minimum Gasteiger partial charge on any atom is -0.487 e. The van der Waals surface area contributed by atoms with E-state index in [1.54, 1.807) is 12.1 Å². The summed E-state index contributed by atoms with van der Waals surface area (Å²) in [6.07, 6.45) is 2.01. The molecule has 0 radical (unpaired) electrons. The lowest BCUT2D eigenvalue weighted by atomic mass is 9.70. The van der Waals surface area contributed by atoms with Gasteiger partial charge in [0.15, 0.2) is 0 Å². The highest BCUT2D eigenvalue weighted by Crippen LogP contribution is 2.52. The molecule has 7 nitrogen and oxygen atoms in total. The lowest BCUT2D eigenvalue weighted by Crippen LogP contribution is -2.56. The maximum Gasteiger partial charge on any atom is 0.323 e. The number of para-hydroxylation sites is 2. The smallest absolute Gasteiger partial charge is 0.323 e. The van der Waals surface area contributed by atoms with Crippen molar-refractivity contribution in [1.82, 2.24) is 4.90 Å². The third-order valence-corrected chi connectivity index (χ3v) is 7.50. The maximum absolute atomic E-state index is 13.1. The number of hydrogen-bond acceptors (Lipinski definition) is 5. The molecule has 0 bridgehead atoms. The molecular weight excluding hydrogens is 432 g/mol. The third kappa shape index (κ3) is 4.42. The quantitative estimate of drug-likeness (QED) is 0.726. The number of likely N-dealkylation sites (tertiary alicyclic amines) is 1. The Morgan fingerprint density at radius 3 is 2.62 bits per heavy atom. The third-order valence-electron chi connectivity index (χ3n) is 7.50. The highest BCUT2D eigenvalue weighted by atomic mass is 16.5. The SMILES string of the molecule is CC1(C)Oc2ccccc2[C@@H]2O[C@@H]3CCN(CC(=O)N(CC(=O)O)c4ccccc4)C[C@@H]3C[C@H]21. The van der Waals surface area contributed by atoms with E-state index < -0.39 is 5.97 Å². The molecular formula is C27H32N2O5. The van der Waals surface area contributed by atoms with Crippen molar-refractivity contribution in [3.63, 3.8) is 0 Å². The van der Waals surface area contributed by atoms with Crippen molar-refractivity contribution in [1.29, 1.82) is 0 Å². The van der Waals surface area contributed by atoms with E-state index >= 15 is 0 Å². The van der Waals surface area contributed by atoms with E-state index in [1.807, 2.05) is 36.4 Å². The molecule has 2 fully saturated rings. The van der Waals surface area contributed by atoms with Crippen LogP contribution in [0.2, 0.25) is 0 Å². The zero-order valence-corrected chi connectivity index (χ0v) is 19.7. The van der Waals surface area contributed by atoms with E-state index in [0.717, 1.165) is 37.2 Å².